The number of rotatable bonds is 3. The van der Waals surface area contributed by atoms with Gasteiger partial charge in [-0.05, 0) is 37.3 Å². The van der Waals surface area contributed by atoms with E-state index in [0.717, 1.165) is 25.7 Å². The number of amides is 1. The van der Waals surface area contributed by atoms with Crippen molar-refractivity contribution in [2.24, 2.45) is 4.99 Å². The first-order valence-corrected chi connectivity index (χ1v) is 11.2. The second-order valence-electron chi connectivity index (χ2n) is 7.79. The summed E-state index contributed by atoms with van der Waals surface area (Å²) in [6.45, 7) is 1.07. The predicted octanol–water partition coefficient (Wildman–Crippen LogP) is 4.76. The van der Waals surface area contributed by atoms with Crippen LogP contribution in [0.4, 0.5) is 4.39 Å². The molecule has 1 aromatic carbocycles. The van der Waals surface area contributed by atoms with Gasteiger partial charge in [0.05, 0.1) is 5.56 Å². The van der Waals surface area contributed by atoms with Gasteiger partial charge in [-0.15, -0.1) is 11.3 Å². The smallest absolute Gasteiger partial charge is 0.256 e. The molecule has 5 rings (SSSR count). The van der Waals surface area contributed by atoms with E-state index in [4.69, 9.17) is 0 Å². The lowest BCUT2D eigenvalue weighted by Crippen LogP contribution is -2.39. The molecule has 1 atom stereocenters. The fourth-order valence-corrected chi connectivity index (χ4v) is 5.09. The van der Waals surface area contributed by atoms with Gasteiger partial charge in [-0.3, -0.25) is 9.79 Å². The van der Waals surface area contributed by atoms with Crippen LogP contribution in [0.1, 0.15) is 53.3 Å². The highest BCUT2D eigenvalue weighted by Crippen LogP contribution is 2.35. The lowest BCUT2D eigenvalue weighted by atomic mass is 9.90. The van der Waals surface area contributed by atoms with Crippen LogP contribution in [0.15, 0.2) is 40.7 Å². The molecule has 3 aromatic rings. The van der Waals surface area contributed by atoms with E-state index in [-0.39, 0.29) is 23.5 Å². The number of piperidine rings is 1. The van der Waals surface area contributed by atoms with Crippen molar-refractivity contribution in [1.29, 1.82) is 0 Å². The molecule has 2 aromatic heterocycles. The number of aliphatic imine (C=N–C) groups is 1. The van der Waals surface area contributed by atoms with Crippen molar-refractivity contribution in [3.63, 3.8) is 0 Å². The van der Waals surface area contributed by atoms with Crippen LogP contribution >= 0.6 is 11.3 Å². The Hall–Kier alpha value is -3.13. The standard InChI is InChI=1S/C23H21FN4O2S/c24-17-8-2-1-7-15(17)14-6-5-11-28(12-14)23(30)16-13-31-20-19(16)26-21(27-22(20)29)18-9-3-4-10-25-18/h1-2,7-10,13-14H,3-6,11-12H2,(H,26,27,29)/t14-/m0/s1. The summed E-state index contributed by atoms with van der Waals surface area (Å²) in [7, 11) is 0. The summed E-state index contributed by atoms with van der Waals surface area (Å²) in [4.78, 5) is 28.2. The second kappa shape index (κ2) is 8.19. The Labute approximate surface area is 182 Å². The summed E-state index contributed by atoms with van der Waals surface area (Å²) in [6, 6.07) is 6.77. The summed E-state index contributed by atoms with van der Waals surface area (Å²) in [5, 5.41) is 12.1. The Balaban J connectivity index is 1.47. The predicted molar refractivity (Wildman–Crippen MR) is 119 cm³/mol. The number of benzene rings is 1. The van der Waals surface area contributed by atoms with E-state index in [0.29, 0.717) is 46.0 Å². The van der Waals surface area contributed by atoms with Crippen LogP contribution in [-0.4, -0.2) is 45.2 Å². The van der Waals surface area contributed by atoms with E-state index < -0.39 is 0 Å². The topological polar surface area (TPSA) is 78.7 Å². The van der Waals surface area contributed by atoms with Crippen molar-refractivity contribution in [3.8, 4) is 5.88 Å². The minimum absolute atomic E-state index is 0.0379. The molecule has 6 nitrogen and oxygen atoms in total. The molecule has 1 saturated heterocycles. The Morgan fingerprint density at radius 1 is 1.23 bits per heavy atom. The number of carbonyl (C=O) groups excluding carboxylic acids is 1. The number of allylic oxidation sites excluding steroid dienone is 1. The molecular formula is C23H21FN4O2S. The van der Waals surface area contributed by atoms with E-state index in [1.54, 1.807) is 28.6 Å². The van der Waals surface area contributed by atoms with E-state index >= 15 is 0 Å². The van der Waals surface area contributed by atoms with Crippen molar-refractivity contribution in [1.82, 2.24) is 14.9 Å². The van der Waals surface area contributed by atoms with Crippen LogP contribution in [0.2, 0.25) is 0 Å². The van der Waals surface area contributed by atoms with Gasteiger partial charge in [0.15, 0.2) is 5.82 Å². The second-order valence-corrected chi connectivity index (χ2v) is 8.67. The first kappa shape index (κ1) is 19.8. The number of likely N-dealkylation sites (tertiary alicyclic amines) is 1. The number of hydrogen-bond acceptors (Lipinski definition) is 6. The highest BCUT2D eigenvalue weighted by Gasteiger charge is 2.29. The van der Waals surface area contributed by atoms with E-state index in [1.807, 2.05) is 12.1 Å². The molecule has 0 saturated carbocycles. The van der Waals surface area contributed by atoms with Crippen LogP contribution < -0.4 is 0 Å². The third kappa shape index (κ3) is 3.72. The SMILES string of the molecule is O=C(c1csc2c(O)nc(C3=CCCC=N3)nc12)N1CCC[C@H](c2ccccc2F)C1. The van der Waals surface area contributed by atoms with Crippen molar-refractivity contribution >= 4 is 39.4 Å². The maximum atomic E-state index is 14.3. The molecule has 158 valence electrons. The van der Waals surface area contributed by atoms with Gasteiger partial charge in [-0.1, -0.05) is 24.3 Å². The molecule has 2 aliphatic heterocycles. The van der Waals surface area contributed by atoms with Crippen molar-refractivity contribution < 1.29 is 14.3 Å². The Bertz CT molecular complexity index is 1220. The van der Waals surface area contributed by atoms with Crippen LogP contribution in [0, 0.1) is 5.82 Å². The number of hydrogen-bond donors (Lipinski definition) is 1. The molecule has 4 heterocycles. The normalized spacial score (nSPS) is 18.9. The first-order chi connectivity index (χ1) is 15.1. The number of carbonyl (C=O) groups is 1. The van der Waals surface area contributed by atoms with Gasteiger partial charge in [0.1, 0.15) is 21.7 Å². The molecule has 0 unspecified atom stereocenters. The maximum absolute atomic E-state index is 14.3. The average Bonchev–Trinajstić information content (AvgIpc) is 3.24. The van der Waals surface area contributed by atoms with Crippen LogP contribution in [0.3, 0.4) is 0 Å². The highest BCUT2D eigenvalue weighted by molar-refractivity contribution is 7.17. The van der Waals surface area contributed by atoms with Gasteiger partial charge in [0, 0.05) is 30.6 Å². The molecule has 31 heavy (non-hydrogen) atoms. The zero-order valence-electron chi connectivity index (χ0n) is 16.8. The quantitative estimate of drug-likeness (QED) is 0.642. The molecule has 8 heteroatoms. The number of nitrogens with zero attached hydrogens (tertiary/aromatic N) is 4. The van der Waals surface area contributed by atoms with Gasteiger partial charge >= 0.3 is 0 Å². The molecule has 2 aliphatic rings. The third-order valence-corrected chi connectivity index (χ3v) is 6.74. The lowest BCUT2D eigenvalue weighted by Gasteiger charge is -2.33. The van der Waals surface area contributed by atoms with E-state index in [2.05, 4.69) is 15.0 Å². The van der Waals surface area contributed by atoms with Gasteiger partial charge in [0.2, 0.25) is 5.88 Å². The van der Waals surface area contributed by atoms with E-state index in [9.17, 15) is 14.3 Å². The molecule has 1 amide bonds. The number of halogens is 1. The summed E-state index contributed by atoms with van der Waals surface area (Å²) >= 11 is 1.25. The highest BCUT2D eigenvalue weighted by atomic mass is 32.1. The minimum Gasteiger partial charge on any atom is -0.492 e. The van der Waals surface area contributed by atoms with Gasteiger partial charge in [-0.2, -0.15) is 4.98 Å². The van der Waals surface area contributed by atoms with Crippen LogP contribution in [0.5, 0.6) is 5.88 Å². The third-order valence-electron chi connectivity index (χ3n) is 5.77. The summed E-state index contributed by atoms with van der Waals surface area (Å²) < 4.78 is 14.8. The van der Waals surface area contributed by atoms with Gasteiger partial charge in [0.25, 0.3) is 5.91 Å². The zero-order chi connectivity index (χ0) is 21.4. The average molecular weight is 437 g/mol. The van der Waals surface area contributed by atoms with Gasteiger partial charge in [-0.25, -0.2) is 9.37 Å². The molecule has 0 radical (unpaired) electrons. The molecule has 0 bridgehead atoms. The van der Waals surface area contributed by atoms with Crippen molar-refractivity contribution in [2.75, 3.05) is 13.1 Å². The van der Waals surface area contributed by atoms with Crippen LogP contribution in [-0.2, 0) is 0 Å². The zero-order valence-corrected chi connectivity index (χ0v) is 17.6. The number of fused-ring (bicyclic) bond motifs is 1. The molecule has 1 fully saturated rings. The summed E-state index contributed by atoms with van der Waals surface area (Å²) in [5.41, 5.74) is 2.13. The van der Waals surface area contributed by atoms with Crippen LogP contribution in [0.25, 0.3) is 15.9 Å². The fraction of sp³-hybridized carbons (Fsp3) is 0.304. The number of thiophene rings is 1. The Morgan fingerprint density at radius 2 is 2.10 bits per heavy atom. The molecular weight excluding hydrogens is 415 g/mol. The minimum atomic E-state index is -0.230. The van der Waals surface area contributed by atoms with Crippen molar-refractivity contribution in [3.05, 3.63) is 58.5 Å². The monoisotopic (exact) mass is 436 g/mol. The van der Waals surface area contributed by atoms with Crippen molar-refractivity contribution in [2.45, 2.75) is 31.6 Å². The van der Waals surface area contributed by atoms with E-state index in [1.165, 1.54) is 17.4 Å². The summed E-state index contributed by atoms with van der Waals surface area (Å²) in [6.07, 6.45) is 7.07. The Kier molecular flexibility index (Phi) is 5.23. The molecule has 1 N–H and O–H groups in total. The fourth-order valence-electron chi connectivity index (χ4n) is 4.22. The summed E-state index contributed by atoms with van der Waals surface area (Å²) in [5.74, 6) is -0.252. The largest absolute Gasteiger partial charge is 0.492 e. The lowest BCUT2D eigenvalue weighted by molar-refractivity contribution is 0.0708. The number of aromatic hydroxyl groups is 1. The molecule has 0 spiro atoms. The Morgan fingerprint density at radius 3 is 2.90 bits per heavy atom. The molecule has 0 aliphatic carbocycles. The van der Waals surface area contributed by atoms with Gasteiger partial charge < -0.3 is 10.0 Å². The first-order valence-electron chi connectivity index (χ1n) is 10.4. The maximum Gasteiger partial charge on any atom is 0.256 e. The number of aromatic nitrogens is 2.